The molecule has 1 aromatic heterocycles. The zero-order chi connectivity index (χ0) is 31.9. The number of amides is 2. The van der Waals surface area contributed by atoms with E-state index >= 15 is 0 Å². The lowest BCUT2D eigenvalue weighted by molar-refractivity contribution is -0.121. The molecule has 5 rings (SSSR count). The molecule has 1 aliphatic heterocycles. The van der Waals surface area contributed by atoms with Crippen molar-refractivity contribution >= 4 is 41.0 Å². The van der Waals surface area contributed by atoms with E-state index < -0.39 is 29.6 Å². The summed E-state index contributed by atoms with van der Waals surface area (Å²) in [6.07, 6.45) is -0.0831. The first-order valence-electron chi connectivity index (χ1n) is 13.9. The van der Waals surface area contributed by atoms with Crippen molar-refractivity contribution in [2.45, 2.75) is 23.6 Å². The highest BCUT2D eigenvalue weighted by Crippen LogP contribution is 2.36. The third-order valence-electron chi connectivity index (χ3n) is 6.91. The van der Waals surface area contributed by atoms with Gasteiger partial charge in [-0.2, -0.15) is 5.26 Å². The van der Waals surface area contributed by atoms with Crippen LogP contribution in [0.1, 0.15) is 39.6 Å². The number of pyridine rings is 1. The summed E-state index contributed by atoms with van der Waals surface area (Å²) in [5.74, 6) is -0.644. The molecule has 1 fully saturated rings. The molecule has 45 heavy (non-hydrogen) atoms. The number of aromatic nitrogens is 1. The van der Waals surface area contributed by atoms with Gasteiger partial charge in [-0.25, -0.2) is 14.7 Å². The van der Waals surface area contributed by atoms with Crippen LogP contribution in [0.2, 0.25) is 0 Å². The fourth-order valence-electron chi connectivity index (χ4n) is 4.59. The van der Waals surface area contributed by atoms with Crippen LogP contribution in [0.5, 0.6) is 11.5 Å². The average molecular weight is 622 g/mol. The Balaban J connectivity index is 1.23. The highest BCUT2D eigenvalue weighted by Gasteiger charge is 2.41. The largest absolute Gasteiger partial charge is 0.497 e. The standard InChI is InChI=1S/C34H27N3O7S/c1-3-43-27-15-8-22(9-16-27)29(38)20-44-34(41)23-4-11-25(12-5-23)37-31(39)18-30(33(37)40)45-32-24(19-35)10-17-28(36-32)21-6-13-26(42-2)14-7-21/h4-17,30H,3,18,20H2,1-2H3. The zero-order valence-corrected chi connectivity index (χ0v) is 25.2. The minimum atomic E-state index is -0.790. The van der Waals surface area contributed by atoms with Crippen molar-refractivity contribution in [3.8, 4) is 28.8 Å². The fourth-order valence-corrected chi connectivity index (χ4v) is 5.68. The number of anilines is 1. The summed E-state index contributed by atoms with van der Waals surface area (Å²) >= 11 is 1.06. The number of nitrogens with zero attached hydrogens (tertiary/aromatic N) is 3. The van der Waals surface area contributed by atoms with E-state index in [0.717, 1.165) is 22.2 Å². The number of thioether (sulfide) groups is 1. The lowest BCUT2D eigenvalue weighted by Crippen LogP contribution is -2.31. The predicted octanol–water partition coefficient (Wildman–Crippen LogP) is 5.49. The van der Waals surface area contributed by atoms with Crippen LogP contribution in [0, 0.1) is 11.3 Å². The van der Waals surface area contributed by atoms with Gasteiger partial charge < -0.3 is 14.2 Å². The van der Waals surface area contributed by atoms with Gasteiger partial charge in [0.25, 0.3) is 0 Å². The zero-order valence-electron chi connectivity index (χ0n) is 24.4. The molecule has 1 unspecified atom stereocenters. The molecule has 0 saturated carbocycles. The van der Waals surface area contributed by atoms with Crippen LogP contribution >= 0.6 is 11.8 Å². The topological polar surface area (TPSA) is 136 Å². The Bertz CT molecular complexity index is 1780. The number of carbonyl (C=O) groups excluding carboxylic acids is 4. The normalized spacial score (nSPS) is 14.2. The summed E-state index contributed by atoms with van der Waals surface area (Å²) in [6, 6.07) is 25.1. The van der Waals surface area contributed by atoms with Crippen molar-refractivity contribution in [2.75, 3.05) is 25.2 Å². The van der Waals surface area contributed by atoms with Crippen LogP contribution < -0.4 is 14.4 Å². The molecule has 1 saturated heterocycles. The molecule has 2 heterocycles. The molecule has 1 aliphatic rings. The summed E-state index contributed by atoms with van der Waals surface area (Å²) in [7, 11) is 1.58. The lowest BCUT2D eigenvalue weighted by Gasteiger charge is -2.15. The Labute approximate surface area is 263 Å². The molecule has 0 N–H and O–H groups in total. The first-order valence-corrected chi connectivity index (χ1v) is 14.8. The molecule has 226 valence electrons. The lowest BCUT2D eigenvalue weighted by atomic mass is 10.1. The number of ether oxygens (including phenoxy) is 3. The van der Waals surface area contributed by atoms with Crippen molar-refractivity contribution in [1.29, 1.82) is 5.26 Å². The van der Waals surface area contributed by atoms with Crippen LogP contribution in [0.15, 0.2) is 90.0 Å². The number of hydrogen-bond acceptors (Lipinski definition) is 10. The van der Waals surface area contributed by atoms with Gasteiger partial charge in [0.1, 0.15) is 22.6 Å². The van der Waals surface area contributed by atoms with E-state index in [9.17, 15) is 24.4 Å². The predicted molar refractivity (Wildman–Crippen MR) is 166 cm³/mol. The van der Waals surface area contributed by atoms with Gasteiger partial charge in [0.05, 0.1) is 41.5 Å². The van der Waals surface area contributed by atoms with Crippen LogP contribution in [0.4, 0.5) is 5.69 Å². The number of esters is 1. The molecule has 3 aromatic carbocycles. The SMILES string of the molecule is CCOc1ccc(C(=O)COC(=O)c2ccc(N3C(=O)CC(Sc4nc(-c5ccc(OC)cc5)ccc4C#N)C3=O)cc2)cc1. The van der Waals surface area contributed by atoms with E-state index in [1.165, 1.54) is 24.3 Å². The number of benzene rings is 3. The number of rotatable bonds is 11. The van der Waals surface area contributed by atoms with Gasteiger partial charge in [-0.15, -0.1) is 0 Å². The third-order valence-corrected chi connectivity index (χ3v) is 8.10. The second kappa shape index (κ2) is 13.9. The van der Waals surface area contributed by atoms with Gasteiger partial charge in [-0.3, -0.25) is 14.4 Å². The second-order valence-electron chi connectivity index (χ2n) is 9.77. The molecule has 10 nitrogen and oxygen atoms in total. The maximum Gasteiger partial charge on any atom is 0.338 e. The Kier molecular flexibility index (Phi) is 9.55. The smallest absolute Gasteiger partial charge is 0.338 e. The van der Waals surface area contributed by atoms with E-state index in [1.807, 2.05) is 19.1 Å². The number of carbonyl (C=O) groups is 4. The van der Waals surface area contributed by atoms with Crippen molar-refractivity contribution in [1.82, 2.24) is 4.98 Å². The monoisotopic (exact) mass is 621 g/mol. The first kappa shape index (κ1) is 31.0. The van der Waals surface area contributed by atoms with Gasteiger partial charge >= 0.3 is 5.97 Å². The van der Waals surface area contributed by atoms with Crippen LogP contribution in [0.25, 0.3) is 11.3 Å². The van der Waals surface area contributed by atoms with Crippen molar-refractivity contribution in [2.24, 2.45) is 0 Å². The summed E-state index contributed by atoms with van der Waals surface area (Å²) in [5.41, 5.74) is 2.52. The van der Waals surface area contributed by atoms with Gasteiger partial charge in [0.15, 0.2) is 12.4 Å². The molecule has 0 aliphatic carbocycles. The fraction of sp³-hybridized carbons (Fsp3) is 0.176. The van der Waals surface area contributed by atoms with Gasteiger partial charge in [0, 0.05) is 17.5 Å². The van der Waals surface area contributed by atoms with Crippen molar-refractivity contribution in [3.63, 3.8) is 0 Å². The molecule has 0 spiro atoms. The van der Waals surface area contributed by atoms with Crippen molar-refractivity contribution < 1.29 is 33.4 Å². The van der Waals surface area contributed by atoms with E-state index in [4.69, 9.17) is 14.2 Å². The van der Waals surface area contributed by atoms with E-state index in [2.05, 4.69) is 11.1 Å². The van der Waals surface area contributed by atoms with Gasteiger partial charge in [0.2, 0.25) is 11.8 Å². The van der Waals surface area contributed by atoms with Crippen LogP contribution in [0.3, 0.4) is 0 Å². The molecule has 0 bridgehead atoms. The summed E-state index contributed by atoms with van der Waals surface area (Å²) in [4.78, 5) is 57.0. The molecular formula is C34H27N3O7S. The van der Waals surface area contributed by atoms with Gasteiger partial charge in [-0.1, -0.05) is 11.8 Å². The van der Waals surface area contributed by atoms with E-state index in [0.29, 0.717) is 40.0 Å². The summed E-state index contributed by atoms with van der Waals surface area (Å²) in [5, 5.41) is 9.21. The Morgan fingerprint density at radius 2 is 1.60 bits per heavy atom. The Morgan fingerprint density at radius 3 is 2.24 bits per heavy atom. The Morgan fingerprint density at radius 1 is 0.933 bits per heavy atom. The first-order chi connectivity index (χ1) is 21.8. The number of imide groups is 1. The average Bonchev–Trinajstić information content (AvgIpc) is 3.35. The van der Waals surface area contributed by atoms with Gasteiger partial charge in [-0.05, 0) is 91.9 Å². The van der Waals surface area contributed by atoms with Crippen LogP contribution in [-0.2, 0) is 14.3 Å². The molecule has 0 radical (unpaired) electrons. The number of ketones is 1. The number of nitriles is 1. The minimum absolute atomic E-state index is 0.0831. The van der Waals surface area contributed by atoms with E-state index in [1.54, 1.807) is 55.6 Å². The molecular weight excluding hydrogens is 594 g/mol. The number of Topliss-reactive ketones (excluding diaryl/α,β-unsaturated/α-hetero) is 1. The second-order valence-corrected chi connectivity index (χ2v) is 11.0. The molecule has 4 aromatic rings. The summed E-state index contributed by atoms with van der Waals surface area (Å²) < 4.78 is 15.7. The quantitative estimate of drug-likeness (QED) is 0.120. The van der Waals surface area contributed by atoms with Crippen molar-refractivity contribution in [3.05, 3.63) is 102 Å². The highest BCUT2D eigenvalue weighted by atomic mass is 32.2. The Hall–Kier alpha value is -5.47. The minimum Gasteiger partial charge on any atom is -0.497 e. The van der Waals surface area contributed by atoms with E-state index in [-0.39, 0.29) is 23.5 Å². The number of methoxy groups -OCH3 is 1. The summed E-state index contributed by atoms with van der Waals surface area (Å²) in [6.45, 7) is 1.91. The maximum atomic E-state index is 13.4. The molecule has 11 heteroatoms. The van der Waals surface area contributed by atoms with Crippen LogP contribution in [-0.4, -0.2) is 54.1 Å². The highest BCUT2D eigenvalue weighted by molar-refractivity contribution is 8.00. The maximum absolute atomic E-state index is 13.4. The third kappa shape index (κ3) is 7.03. The molecule has 2 amide bonds. The molecule has 1 atom stereocenters. The number of hydrogen-bond donors (Lipinski definition) is 0.